The minimum atomic E-state index is -4.28. The molecular formula is C16H17F3N4O3. The molecule has 26 heavy (non-hydrogen) atoms. The van der Waals surface area contributed by atoms with Gasteiger partial charge in [-0.1, -0.05) is 12.1 Å². The number of carbonyl (C=O) groups is 1. The number of hydrogen-bond donors (Lipinski definition) is 1. The first-order chi connectivity index (χ1) is 12.2. The van der Waals surface area contributed by atoms with Gasteiger partial charge >= 0.3 is 11.9 Å². The lowest BCUT2D eigenvalue weighted by Gasteiger charge is -2.35. The summed E-state index contributed by atoms with van der Waals surface area (Å²) < 4.78 is 38.0. The van der Waals surface area contributed by atoms with Crippen LogP contribution >= 0.6 is 0 Å². The van der Waals surface area contributed by atoms with Crippen LogP contribution in [0.15, 0.2) is 33.9 Å². The summed E-state index contributed by atoms with van der Waals surface area (Å²) in [5.41, 5.74) is -0.891. The van der Waals surface area contributed by atoms with Crippen LogP contribution in [0.2, 0.25) is 0 Å². The lowest BCUT2D eigenvalue weighted by Crippen LogP contribution is -2.52. The molecule has 2 aromatic rings. The van der Waals surface area contributed by atoms with Crippen molar-refractivity contribution >= 4 is 16.8 Å². The van der Waals surface area contributed by atoms with Gasteiger partial charge in [-0.25, -0.2) is 4.79 Å². The number of nitrogens with one attached hydrogen (secondary N) is 1. The van der Waals surface area contributed by atoms with Gasteiger partial charge in [0.1, 0.15) is 6.54 Å². The van der Waals surface area contributed by atoms with Crippen molar-refractivity contribution < 1.29 is 18.0 Å². The SMILES string of the molecule is O=C(Cn1c(=O)[nH]c2ccccc2c1=O)N1CCN(CC(F)(F)F)CC1. The number of halogens is 3. The summed E-state index contributed by atoms with van der Waals surface area (Å²) in [6, 6.07) is 6.45. The van der Waals surface area contributed by atoms with Crippen LogP contribution in [0.25, 0.3) is 10.9 Å². The van der Waals surface area contributed by atoms with Crippen molar-refractivity contribution in [3.8, 4) is 0 Å². The zero-order valence-corrected chi connectivity index (χ0v) is 13.8. The van der Waals surface area contributed by atoms with Gasteiger partial charge < -0.3 is 9.88 Å². The highest BCUT2D eigenvalue weighted by molar-refractivity contribution is 5.79. The van der Waals surface area contributed by atoms with E-state index in [4.69, 9.17) is 0 Å². The Bertz CT molecular complexity index is 927. The van der Waals surface area contributed by atoms with E-state index in [0.717, 1.165) is 4.57 Å². The maximum Gasteiger partial charge on any atom is 0.401 e. The van der Waals surface area contributed by atoms with E-state index in [1.807, 2.05) is 0 Å². The van der Waals surface area contributed by atoms with Crippen LogP contribution in [-0.4, -0.2) is 64.2 Å². The number of carbonyl (C=O) groups excluding carboxylic acids is 1. The second-order valence-corrected chi connectivity index (χ2v) is 6.14. The van der Waals surface area contributed by atoms with Crippen LogP contribution in [0, 0.1) is 0 Å². The second kappa shape index (κ2) is 6.94. The van der Waals surface area contributed by atoms with Gasteiger partial charge in [0.05, 0.1) is 17.4 Å². The van der Waals surface area contributed by atoms with Crippen molar-refractivity contribution in [2.45, 2.75) is 12.7 Å². The molecule has 1 aliphatic rings. The predicted molar refractivity (Wildman–Crippen MR) is 87.9 cm³/mol. The molecule has 1 aromatic heterocycles. The van der Waals surface area contributed by atoms with E-state index in [0.29, 0.717) is 5.52 Å². The lowest BCUT2D eigenvalue weighted by atomic mass is 10.2. The first-order valence-corrected chi connectivity index (χ1v) is 8.03. The molecule has 1 N–H and O–H groups in total. The van der Waals surface area contributed by atoms with Crippen LogP contribution in [0.3, 0.4) is 0 Å². The number of para-hydroxylation sites is 1. The number of alkyl halides is 3. The van der Waals surface area contributed by atoms with Crippen molar-refractivity contribution in [3.63, 3.8) is 0 Å². The molecule has 3 rings (SSSR count). The predicted octanol–water partition coefficient (Wildman–Crippen LogP) is 0.396. The van der Waals surface area contributed by atoms with E-state index >= 15 is 0 Å². The Morgan fingerprint density at radius 2 is 1.73 bits per heavy atom. The molecule has 0 spiro atoms. The average Bonchev–Trinajstić information content (AvgIpc) is 2.57. The summed E-state index contributed by atoms with van der Waals surface area (Å²) in [7, 11) is 0. The molecule has 1 fully saturated rings. The van der Waals surface area contributed by atoms with E-state index < -0.39 is 36.4 Å². The Morgan fingerprint density at radius 3 is 2.38 bits per heavy atom. The van der Waals surface area contributed by atoms with Gasteiger partial charge in [-0.15, -0.1) is 0 Å². The summed E-state index contributed by atoms with van der Waals surface area (Å²) in [5, 5.41) is 0.287. The summed E-state index contributed by atoms with van der Waals surface area (Å²) in [5.74, 6) is -0.473. The van der Waals surface area contributed by atoms with E-state index in [1.54, 1.807) is 24.3 Å². The van der Waals surface area contributed by atoms with E-state index in [2.05, 4.69) is 4.98 Å². The Labute approximate surface area is 145 Å². The second-order valence-electron chi connectivity index (χ2n) is 6.14. The van der Waals surface area contributed by atoms with Gasteiger partial charge in [0.2, 0.25) is 5.91 Å². The van der Waals surface area contributed by atoms with Gasteiger partial charge in [0, 0.05) is 26.2 Å². The molecule has 0 aliphatic carbocycles. The van der Waals surface area contributed by atoms with Gasteiger partial charge in [0.25, 0.3) is 5.56 Å². The van der Waals surface area contributed by atoms with Crippen LogP contribution in [0.5, 0.6) is 0 Å². The molecule has 0 atom stereocenters. The van der Waals surface area contributed by atoms with Crippen LogP contribution in [-0.2, 0) is 11.3 Å². The quantitative estimate of drug-likeness (QED) is 0.848. The molecule has 1 aliphatic heterocycles. The van der Waals surface area contributed by atoms with Crippen molar-refractivity contribution in [1.82, 2.24) is 19.4 Å². The van der Waals surface area contributed by atoms with Crippen molar-refractivity contribution in [2.75, 3.05) is 32.7 Å². The molecule has 1 aromatic carbocycles. The molecular weight excluding hydrogens is 353 g/mol. The Balaban J connectivity index is 1.71. The first-order valence-electron chi connectivity index (χ1n) is 8.03. The van der Waals surface area contributed by atoms with Crippen molar-refractivity contribution in [2.24, 2.45) is 0 Å². The molecule has 10 heteroatoms. The van der Waals surface area contributed by atoms with Gasteiger partial charge in [-0.05, 0) is 12.1 Å². The van der Waals surface area contributed by atoms with Crippen LogP contribution in [0.4, 0.5) is 13.2 Å². The number of amides is 1. The molecule has 0 bridgehead atoms. The number of aromatic nitrogens is 2. The summed E-state index contributed by atoms with van der Waals surface area (Å²) >= 11 is 0. The Kier molecular flexibility index (Phi) is 4.86. The van der Waals surface area contributed by atoms with Crippen molar-refractivity contribution in [3.05, 3.63) is 45.1 Å². The van der Waals surface area contributed by atoms with Gasteiger partial charge in [0.15, 0.2) is 0 Å². The molecule has 0 saturated carbocycles. The lowest BCUT2D eigenvalue weighted by molar-refractivity contribution is -0.151. The van der Waals surface area contributed by atoms with Crippen LogP contribution < -0.4 is 11.2 Å². The fourth-order valence-electron chi connectivity index (χ4n) is 2.99. The fraction of sp³-hybridized carbons (Fsp3) is 0.438. The maximum absolute atomic E-state index is 12.4. The third kappa shape index (κ3) is 3.96. The third-order valence-corrected chi connectivity index (χ3v) is 4.31. The van der Waals surface area contributed by atoms with Gasteiger partial charge in [-0.3, -0.25) is 19.1 Å². The zero-order chi connectivity index (χ0) is 18.9. The highest BCUT2D eigenvalue weighted by atomic mass is 19.4. The fourth-order valence-corrected chi connectivity index (χ4v) is 2.99. The number of aromatic amines is 1. The number of hydrogen-bond acceptors (Lipinski definition) is 4. The number of fused-ring (bicyclic) bond motifs is 1. The minimum absolute atomic E-state index is 0.0915. The molecule has 140 valence electrons. The first kappa shape index (κ1) is 18.2. The van der Waals surface area contributed by atoms with E-state index in [1.165, 1.54) is 9.80 Å². The summed E-state index contributed by atoms with van der Waals surface area (Å²) in [6.45, 7) is -1.04. The standard InChI is InChI=1S/C16H17F3N4O3/c17-16(18,19)10-21-5-7-22(8-6-21)13(24)9-23-14(25)11-3-1-2-4-12(11)20-15(23)26/h1-4H,5-10H2,(H,20,26). The van der Waals surface area contributed by atoms with Gasteiger partial charge in [-0.2, -0.15) is 13.2 Å². The molecule has 0 radical (unpaired) electrons. The van der Waals surface area contributed by atoms with Crippen LogP contribution in [0.1, 0.15) is 0 Å². The topological polar surface area (TPSA) is 78.4 Å². The van der Waals surface area contributed by atoms with Crippen molar-refractivity contribution in [1.29, 1.82) is 0 Å². The number of benzene rings is 1. The Morgan fingerprint density at radius 1 is 1.08 bits per heavy atom. The normalized spacial score (nSPS) is 16.2. The maximum atomic E-state index is 12.4. The highest BCUT2D eigenvalue weighted by Gasteiger charge is 2.32. The zero-order valence-electron chi connectivity index (χ0n) is 13.8. The third-order valence-electron chi connectivity index (χ3n) is 4.31. The number of H-pyrrole nitrogens is 1. The molecule has 1 amide bonds. The monoisotopic (exact) mass is 370 g/mol. The number of rotatable bonds is 3. The molecule has 0 unspecified atom stereocenters. The largest absolute Gasteiger partial charge is 0.401 e. The smallest absolute Gasteiger partial charge is 0.339 e. The summed E-state index contributed by atoms with van der Waals surface area (Å²) in [4.78, 5) is 42.0. The molecule has 2 heterocycles. The number of nitrogens with zero attached hydrogens (tertiary/aromatic N) is 3. The average molecular weight is 370 g/mol. The van der Waals surface area contributed by atoms with E-state index in [9.17, 15) is 27.6 Å². The Hall–Kier alpha value is -2.62. The number of piperazine rings is 1. The molecule has 1 saturated heterocycles. The molecule has 7 nitrogen and oxygen atoms in total. The highest BCUT2D eigenvalue weighted by Crippen LogP contribution is 2.17. The van der Waals surface area contributed by atoms with E-state index in [-0.39, 0.29) is 31.6 Å². The minimum Gasteiger partial charge on any atom is -0.339 e. The summed E-state index contributed by atoms with van der Waals surface area (Å²) in [6.07, 6.45) is -4.28.